The first-order chi connectivity index (χ1) is 48.9. The molecule has 0 atom stereocenters. The fourth-order valence-electron chi connectivity index (χ4n) is 9.84. The molecule has 103 heavy (non-hydrogen) atoms. The molecule has 10 aromatic rings. The summed E-state index contributed by atoms with van der Waals surface area (Å²) in [6.45, 7) is 5.76. The lowest BCUT2D eigenvalue weighted by molar-refractivity contribution is -0.120. The van der Waals surface area contributed by atoms with Gasteiger partial charge in [0.1, 0.15) is 40.2 Å². The molecule has 0 radical (unpaired) electrons. The number of nitrogens with two attached hydrogens (primary N) is 1. The summed E-state index contributed by atoms with van der Waals surface area (Å²) in [7, 11) is 3.63. The van der Waals surface area contributed by atoms with Crippen molar-refractivity contribution in [2.75, 3.05) is 42.7 Å². The Morgan fingerprint density at radius 2 is 0.592 bits per heavy atom. The van der Waals surface area contributed by atoms with Gasteiger partial charge >= 0.3 is 29.8 Å². The van der Waals surface area contributed by atoms with E-state index in [4.69, 9.17) is 31.3 Å². The van der Waals surface area contributed by atoms with E-state index in [1.807, 2.05) is 32.8 Å². The lowest BCUT2D eigenvalue weighted by Gasteiger charge is -2.21. The molecule has 526 valence electrons. The number of aromatic carboxylic acids is 5. The average molecular weight is 1400 g/mol. The van der Waals surface area contributed by atoms with Crippen molar-refractivity contribution in [1.29, 1.82) is 0 Å². The second-order valence-corrected chi connectivity index (χ2v) is 21.7. The number of carbonyl (C=O) groups is 11. The molecule has 26 nitrogen and oxygen atoms in total. The van der Waals surface area contributed by atoms with Gasteiger partial charge in [-0.3, -0.25) is 28.8 Å². The Morgan fingerprint density at radius 3 is 0.864 bits per heavy atom. The van der Waals surface area contributed by atoms with E-state index >= 15 is 0 Å². The Morgan fingerprint density at radius 1 is 0.330 bits per heavy atom. The number of carbonyl (C=O) groups excluding carboxylic acids is 6. The highest BCUT2D eigenvalue weighted by atomic mass is 16.5. The van der Waals surface area contributed by atoms with Crippen LogP contribution in [0.2, 0.25) is 0 Å². The van der Waals surface area contributed by atoms with Crippen LogP contribution in [0.1, 0.15) is 145 Å². The van der Waals surface area contributed by atoms with Gasteiger partial charge in [-0.1, -0.05) is 91.0 Å². The summed E-state index contributed by atoms with van der Waals surface area (Å²) in [5, 5.41) is 104. The number of rotatable bonds is 21. The zero-order valence-corrected chi connectivity index (χ0v) is 55.0. The van der Waals surface area contributed by atoms with Gasteiger partial charge < -0.3 is 76.4 Å². The number of anilines is 3. The number of carboxylic acid groups (broad SMARTS) is 5. The van der Waals surface area contributed by atoms with E-state index in [0.717, 1.165) is 36.6 Å². The molecule has 10 aromatic carbocycles. The molecule has 0 fully saturated rings. The van der Waals surface area contributed by atoms with Crippen molar-refractivity contribution in [3.05, 3.63) is 296 Å². The first-order valence-electron chi connectivity index (χ1n) is 30.4. The standard InChI is InChI=1S/C18H19NO4.C16H15NO4.C15H10O6.C14H11NO4.C14H10O5/c1-3-19(4-2)12-9-10-15(16(20)11-12)17(21)13-7-5-6-8-14(13)18(22)23;1-17(2)10-7-8-13(14(18)9-10)15(19)11-5-3-4-6-12(11)16(20)21;16-8-21-9-5-6-12(13(17)7-9)14(18)10-3-1-2-4-11(10)15(19)20;2*15-8-5-6-11(12(16)7-8)13(17)9-3-1-2-4-10(9)14(18)19/h5-11,20H,3-4H2,1-2H3,(H,22,23);3-9,18H,1-2H3,(H,20,21);1-8,17H,(H,19,20);1-7,16H,15H2,(H,18,19);1-7,15-16H,(H,18,19). The van der Waals surface area contributed by atoms with E-state index in [9.17, 15) is 83.4 Å². The number of hydrogen-bond donors (Lipinski definition) is 12. The lowest BCUT2D eigenvalue weighted by Crippen LogP contribution is -2.21. The van der Waals surface area contributed by atoms with Gasteiger partial charge in [0.15, 0.2) is 28.9 Å². The minimum Gasteiger partial charge on any atom is -0.508 e. The fraction of sp³-hybridized carbons (Fsp3) is 0.0779. The molecule has 0 aliphatic carbocycles. The second-order valence-electron chi connectivity index (χ2n) is 21.7. The molecular formula is C77H65N3O23. The van der Waals surface area contributed by atoms with E-state index < -0.39 is 70.3 Å². The van der Waals surface area contributed by atoms with Crippen LogP contribution in [-0.4, -0.2) is 149 Å². The van der Waals surface area contributed by atoms with Crippen LogP contribution in [0.3, 0.4) is 0 Å². The molecule has 0 saturated heterocycles. The van der Waals surface area contributed by atoms with Crippen molar-refractivity contribution in [1.82, 2.24) is 0 Å². The van der Waals surface area contributed by atoms with Gasteiger partial charge in [-0.05, 0) is 105 Å². The fourth-order valence-corrected chi connectivity index (χ4v) is 9.84. The Kier molecular flexibility index (Phi) is 26.9. The molecule has 0 unspecified atom stereocenters. The van der Waals surface area contributed by atoms with Crippen LogP contribution in [0, 0.1) is 0 Å². The number of hydrogen-bond acceptors (Lipinski definition) is 21. The summed E-state index contributed by atoms with van der Waals surface area (Å²) >= 11 is 0. The van der Waals surface area contributed by atoms with Gasteiger partial charge in [0.05, 0.1) is 55.6 Å². The Hall–Kier alpha value is -14.4. The largest absolute Gasteiger partial charge is 0.508 e. The smallest absolute Gasteiger partial charge is 0.336 e. The molecule has 13 N–H and O–H groups in total. The zero-order chi connectivity index (χ0) is 75.9. The summed E-state index contributed by atoms with van der Waals surface area (Å²) in [4.78, 5) is 131. The number of ether oxygens (including phenoxy) is 1. The molecule has 0 heterocycles. The van der Waals surface area contributed by atoms with Gasteiger partial charge in [-0.15, -0.1) is 0 Å². The molecule has 26 heteroatoms. The van der Waals surface area contributed by atoms with Crippen molar-refractivity contribution < 1.29 is 114 Å². The van der Waals surface area contributed by atoms with Gasteiger partial charge in [0.2, 0.25) is 0 Å². The van der Waals surface area contributed by atoms with Crippen molar-refractivity contribution >= 4 is 82.3 Å². The normalized spacial score (nSPS) is 10.1. The SMILES string of the molecule is CCN(CC)c1ccc(C(=O)c2ccccc2C(=O)O)c(O)c1.CN(C)c1ccc(C(=O)c2ccccc2C(=O)O)c(O)c1.Nc1ccc(C(=O)c2ccccc2C(=O)O)c(O)c1.O=C(O)c1ccccc1C(=O)c1ccc(O)cc1O.O=COc1ccc(C(=O)c2ccccc2C(=O)O)c(O)c1. The van der Waals surface area contributed by atoms with Crippen LogP contribution >= 0.6 is 0 Å². The van der Waals surface area contributed by atoms with Gasteiger partial charge in [-0.25, -0.2) is 24.0 Å². The monoisotopic (exact) mass is 1400 g/mol. The number of nitrogen functional groups attached to an aromatic ring is 1. The predicted molar refractivity (Wildman–Crippen MR) is 375 cm³/mol. The summed E-state index contributed by atoms with van der Waals surface area (Å²) in [5.74, 6) is -10.3. The van der Waals surface area contributed by atoms with E-state index in [1.54, 1.807) is 47.4 Å². The molecule has 0 saturated carbocycles. The van der Waals surface area contributed by atoms with E-state index in [-0.39, 0.29) is 119 Å². The van der Waals surface area contributed by atoms with Gasteiger partial charge in [0.25, 0.3) is 6.47 Å². The maximum absolute atomic E-state index is 12.6. The number of aromatic hydroxyl groups is 6. The van der Waals surface area contributed by atoms with Crippen molar-refractivity contribution in [3.8, 4) is 40.2 Å². The topological polar surface area (TPSA) is 452 Å². The molecule has 0 bridgehead atoms. The first kappa shape index (κ1) is 77.6. The second kappa shape index (κ2) is 35.7. The van der Waals surface area contributed by atoms with E-state index in [1.165, 1.54) is 158 Å². The van der Waals surface area contributed by atoms with Gasteiger partial charge in [-0.2, -0.15) is 0 Å². The molecule has 10 rings (SSSR count). The van der Waals surface area contributed by atoms with E-state index in [2.05, 4.69) is 4.74 Å². The Bertz CT molecular complexity index is 4790. The van der Waals surface area contributed by atoms with Crippen LogP contribution in [0.4, 0.5) is 17.1 Å². The number of ketones is 5. The summed E-state index contributed by atoms with van der Waals surface area (Å²) < 4.78 is 4.54. The van der Waals surface area contributed by atoms with E-state index in [0.29, 0.717) is 5.69 Å². The number of phenolic OH excluding ortho intramolecular Hbond substituents is 6. The summed E-state index contributed by atoms with van der Waals surface area (Å²) in [6, 6.07) is 49.9. The first-order valence-corrected chi connectivity index (χ1v) is 30.4. The van der Waals surface area contributed by atoms with Crippen LogP contribution < -0.4 is 20.3 Å². The molecule has 0 aromatic heterocycles. The van der Waals surface area contributed by atoms with Crippen molar-refractivity contribution in [2.45, 2.75) is 13.8 Å². The predicted octanol–water partition coefficient (Wildman–Crippen LogP) is 11.3. The lowest BCUT2D eigenvalue weighted by atomic mass is 9.97. The quantitative estimate of drug-likeness (QED) is 0.0181. The third kappa shape index (κ3) is 19.7. The van der Waals surface area contributed by atoms with Crippen LogP contribution in [0.15, 0.2) is 212 Å². The molecule has 0 aliphatic rings. The Labute approximate surface area is 586 Å². The number of phenols is 6. The van der Waals surface area contributed by atoms with Crippen LogP contribution in [-0.2, 0) is 4.79 Å². The average Bonchev–Trinajstić information content (AvgIpc) is 0.824. The maximum atomic E-state index is 12.6. The maximum Gasteiger partial charge on any atom is 0.336 e. The van der Waals surface area contributed by atoms with Gasteiger partial charge in [0, 0.05) is 102 Å². The Balaban J connectivity index is 0.000000203. The summed E-state index contributed by atoms with van der Waals surface area (Å²) in [5.41, 5.74) is 6.92. The molecule has 0 aliphatic heterocycles. The minimum atomic E-state index is -1.24. The number of carboxylic acids is 5. The highest BCUT2D eigenvalue weighted by Gasteiger charge is 2.26. The zero-order valence-electron chi connectivity index (χ0n) is 55.0. The van der Waals surface area contributed by atoms with Crippen LogP contribution in [0.25, 0.3) is 0 Å². The summed E-state index contributed by atoms with van der Waals surface area (Å²) in [6.07, 6.45) is 0. The minimum absolute atomic E-state index is 0.0166. The highest BCUT2D eigenvalue weighted by Crippen LogP contribution is 2.32. The molecule has 0 amide bonds. The number of benzene rings is 10. The molecular weight excluding hydrogens is 1330 g/mol. The van der Waals surface area contributed by atoms with Crippen molar-refractivity contribution in [2.24, 2.45) is 0 Å². The third-order valence-corrected chi connectivity index (χ3v) is 15.0. The third-order valence-electron chi connectivity index (χ3n) is 15.0. The van der Waals surface area contributed by atoms with Crippen LogP contribution in [0.5, 0.6) is 40.2 Å². The highest BCUT2D eigenvalue weighted by molar-refractivity contribution is 6.19. The molecule has 0 spiro atoms. The number of nitrogens with zero attached hydrogens (tertiary/aromatic N) is 2. The van der Waals surface area contributed by atoms with Crippen molar-refractivity contribution in [3.63, 3.8) is 0 Å².